The van der Waals surface area contributed by atoms with Crippen LogP contribution in [0.5, 0.6) is 0 Å². The third kappa shape index (κ3) is 2.39. The van der Waals surface area contributed by atoms with Crippen molar-refractivity contribution in [3.05, 3.63) is 41.3 Å². The Labute approximate surface area is 103 Å². The van der Waals surface area contributed by atoms with E-state index in [0.717, 1.165) is 10.7 Å². The van der Waals surface area contributed by atoms with Crippen LogP contribution < -0.4 is 0 Å². The topological polar surface area (TPSA) is 34.9 Å². The Morgan fingerprint density at radius 3 is 2.82 bits per heavy atom. The molecule has 0 spiro atoms. The molecule has 0 saturated carbocycles. The van der Waals surface area contributed by atoms with Crippen LogP contribution in [-0.4, -0.2) is 16.1 Å². The molecule has 1 heterocycles. The first-order valence-corrected chi connectivity index (χ1v) is 5.85. The molecule has 0 N–H and O–H groups in total. The fourth-order valence-corrected chi connectivity index (χ4v) is 2.52. The molecule has 0 saturated heterocycles. The minimum Gasteiger partial charge on any atom is -0.298 e. The summed E-state index contributed by atoms with van der Waals surface area (Å²) in [6.07, 6.45) is 0.661. The highest BCUT2D eigenvalue weighted by Gasteiger charge is 2.12. The van der Waals surface area contributed by atoms with Gasteiger partial charge >= 0.3 is 0 Å². The minimum atomic E-state index is -0.390. The third-order valence-electron chi connectivity index (χ3n) is 2.29. The molecule has 1 aromatic carbocycles. The average Bonchev–Trinajstić information content (AvgIpc) is 2.60. The highest BCUT2D eigenvalue weighted by Crippen LogP contribution is 2.32. The van der Waals surface area contributed by atoms with Gasteiger partial charge in [0.15, 0.2) is 6.29 Å². The average molecular weight is 250 g/mol. The Bertz CT molecular complexity index is 566. The molecular weight excluding hydrogens is 239 g/mol. The third-order valence-corrected chi connectivity index (χ3v) is 3.52. The predicted octanol–water partition coefficient (Wildman–Crippen LogP) is 2.83. The van der Waals surface area contributed by atoms with E-state index in [1.54, 1.807) is 17.8 Å². The van der Waals surface area contributed by atoms with Gasteiger partial charge in [0.2, 0.25) is 0 Å². The molecule has 0 radical (unpaired) electrons. The Kier molecular flexibility index (Phi) is 3.28. The number of aryl methyl sites for hydroxylation is 2. The lowest BCUT2D eigenvalue weighted by Crippen LogP contribution is -1.95. The molecule has 2 aromatic rings. The van der Waals surface area contributed by atoms with E-state index in [9.17, 15) is 9.18 Å². The maximum atomic E-state index is 13.7. The summed E-state index contributed by atoms with van der Waals surface area (Å²) in [5.41, 5.74) is 1.22. The number of benzene rings is 1. The highest BCUT2D eigenvalue weighted by molar-refractivity contribution is 7.99. The molecule has 0 bridgehead atoms. The molecule has 0 aliphatic rings. The second-order valence-corrected chi connectivity index (χ2v) is 4.66. The number of hydrogen-bond acceptors (Lipinski definition) is 3. The Balaban J connectivity index is 2.42. The molecule has 2 rings (SSSR count). The van der Waals surface area contributed by atoms with Gasteiger partial charge in [-0.15, -0.1) is 0 Å². The molecular formula is C12H11FN2OS. The van der Waals surface area contributed by atoms with Gasteiger partial charge in [-0.05, 0) is 19.1 Å². The molecule has 0 aliphatic carbocycles. The van der Waals surface area contributed by atoms with Gasteiger partial charge < -0.3 is 0 Å². The van der Waals surface area contributed by atoms with Crippen LogP contribution in [0.3, 0.4) is 0 Å². The van der Waals surface area contributed by atoms with Crippen LogP contribution in [-0.2, 0) is 7.05 Å². The lowest BCUT2D eigenvalue weighted by Gasteiger charge is -2.05. The van der Waals surface area contributed by atoms with E-state index in [2.05, 4.69) is 5.10 Å². The van der Waals surface area contributed by atoms with E-state index in [4.69, 9.17) is 0 Å². The zero-order valence-electron chi connectivity index (χ0n) is 9.48. The summed E-state index contributed by atoms with van der Waals surface area (Å²) in [6.45, 7) is 1.87. The van der Waals surface area contributed by atoms with Crippen molar-refractivity contribution in [3.8, 4) is 0 Å². The molecule has 17 heavy (non-hydrogen) atoms. The zero-order chi connectivity index (χ0) is 12.4. The van der Waals surface area contributed by atoms with E-state index in [0.29, 0.717) is 16.7 Å². The van der Waals surface area contributed by atoms with E-state index < -0.39 is 5.82 Å². The van der Waals surface area contributed by atoms with Crippen molar-refractivity contribution in [1.82, 2.24) is 9.78 Å². The molecule has 0 atom stereocenters. The van der Waals surface area contributed by atoms with Gasteiger partial charge in [0.1, 0.15) is 5.82 Å². The van der Waals surface area contributed by atoms with Crippen molar-refractivity contribution in [1.29, 1.82) is 0 Å². The summed E-state index contributed by atoms with van der Waals surface area (Å²) in [7, 11) is 1.79. The summed E-state index contributed by atoms with van der Waals surface area (Å²) in [5.74, 6) is -0.390. The standard InChI is InChI=1S/C12H11FN2OS/c1-8-6-11(15(2)14-8)17-12-9(7-16)4-3-5-10(12)13/h3-7H,1-2H3. The first kappa shape index (κ1) is 11.9. The largest absolute Gasteiger partial charge is 0.298 e. The maximum Gasteiger partial charge on any atom is 0.151 e. The monoisotopic (exact) mass is 250 g/mol. The normalized spacial score (nSPS) is 10.5. The first-order valence-electron chi connectivity index (χ1n) is 5.04. The Hall–Kier alpha value is -1.62. The van der Waals surface area contributed by atoms with Gasteiger partial charge in [-0.1, -0.05) is 23.9 Å². The van der Waals surface area contributed by atoms with Gasteiger partial charge in [0, 0.05) is 12.6 Å². The molecule has 3 nitrogen and oxygen atoms in total. The zero-order valence-corrected chi connectivity index (χ0v) is 10.3. The summed E-state index contributed by atoms with van der Waals surface area (Å²) in [4.78, 5) is 11.2. The fraction of sp³-hybridized carbons (Fsp3) is 0.167. The van der Waals surface area contributed by atoms with E-state index in [-0.39, 0.29) is 0 Å². The highest BCUT2D eigenvalue weighted by atomic mass is 32.2. The Morgan fingerprint density at radius 2 is 2.24 bits per heavy atom. The van der Waals surface area contributed by atoms with Gasteiger partial charge in [0.05, 0.1) is 15.6 Å². The van der Waals surface area contributed by atoms with Gasteiger partial charge in [-0.2, -0.15) is 5.10 Å². The Morgan fingerprint density at radius 1 is 1.47 bits per heavy atom. The fourth-order valence-electron chi connectivity index (χ4n) is 1.51. The number of carbonyl (C=O) groups excluding carboxylic acids is 1. The van der Waals surface area contributed by atoms with Crippen LogP contribution in [0.4, 0.5) is 4.39 Å². The lowest BCUT2D eigenvalue weighted by atomic mass is 10.2. The van der Waals surface area contributed by atoms with Gasteiger partial charge in [-0.3, -0.25) is 9.48 Å². The number of halogens is 1. The smallest absolute Gasteiger partial charge is 0.151 e. The quantitative estimate of drug-likeness (QED) is 0.786. The number of rotatable bonds is 3. The number of carbonyl (C=O) groups is 1. The molecule has 1 aromatic heterocycles. The molecule has 5 heteroatoms. The van der Waals surface area contributed by atoms with Crippen LogP contribution >= 0.6 is 11.8 Å². The van der Waals surface area contributed by atoms with E-state index in [1.807, 2.05) is 13.0 Å². The molecule has 0 amide bonds. The number of nitrogens with zero attached hydrogens (tertiary/aromatic N) is 2. The first-order chi connectivity index (χ1) is 8.11. The van der Waals surface area contributed by atoms with Gasteiger partial charge in [0.25, 0.3) is 0 Å². The van der Waals surface area contributed by atoms with E-state index >= 15 is 0 Å². The van der Waals surface area contributed by atoms with Crippen LogP contribution in [0.1, 0.15) is 16.1 Å². The van der Waals surface area contributed by atoms with Crippen molar-refractivity contribution in [3.63, 3.8) is 0 Å². The second kappa shape index (κ2) is 4.71. The van der Waals surface area contributed by atoms with Crippen molar-refractivity contribution in [2.75, 3.05) is 0 Å². The minimum absolute atomic E-state index is 0.338. The number of aldehydes is 1. The van der Waals surface area contributed by atoms with Crippen molar-refractivity contribution < 1.29 is 9.18 Å². The maximum absolute atomic E-state index is 13.7. The SMILES string of the molecule is Cc1cc(Sc2c(F)cccc2C=O)n(C)n1. The number of hydrogen-bond donors (Lipinski definition) is 0. The number of aromatic nitrogens is 2. The predicted molar refractivity (Wildman–Crippen MR) is 63.9 cm³/mol. The summed E-state index contributed by atoms with van der Waals surface area (Å²) < 4.78 is 15.3. The molecule has 88 valence electrons. The summed E-state index contributed by atoms with van der Waals surface area (Å²) >= 11 is 1.21. The summed E-state index contributed by atoms with van der Waals surface area (Å²) in [5, 5.41) is 4.98. The molecule has 0 unspecified atom stereocenters. The molecule has 0 fully saturated rings. The van der Waals surface area contributed by atoms with Crippen LogP contribution in [0.25, 0.3) is 0 Å². The van der Waals surface area contributed by atoms with Crippen molar-refractivity contribution >= 4 is 18.0 Å². The van der Waals surface area contributed by atoms with Crippen LogP contribution in [0.15, 0.2) is 34.2 Å². The van der Waals surface area contributed by atoms with Crippen LogP contribution in [0.2, 0.25) is 0 Å². The van der Waals surface area contributed by atoms with Crippen molar-refractivity contribution in [2.24, 2.45) is 7.05 Å². The summed E-state index contributed by atoms with van der Waals surface area (Å²) in [6, 6.07) is 6.32. The molecule has 0 aliphatic heterocycles. The lowest BCUT2D eigenvalue weighted by molar-refractivity contribution is 0.112. The van der Waals surface area contributed by atoms with Crippen LogP contribution in [0, 0.1) is 12.7 Å². The second-order valence-electron chi connectivity index (χ2n) is 3.63. The van der Waals surface area contributed by atoms with Gasteiger partial charge in [-0.25, -0.2) is 4.39 Å². The van der Waals surface area contributed by atoms with E-state index in [1.165, 1.54) is 23.9 Å². The van der Waals surface area contributed by atoms with Crippen molar-refractivity contribution in [2.45, 2.75) is 16.8 Å².